The van der Waals surface area contributed by atoms with Crippen LogP contribution in [0.1, 0.15) is 57.1 Å². The number of aromatic amines is 1. The largest absolute Gasteiger partial charge is 0.469 e. The van der Waals surface area contributed by atoms with Crippen LogP contribution >= 0.6 is 0 Å². The molecule has 0 spiro atoms. The van der Waals surface area contributed by atoms with Gasteiger partial charge in [0.15, 0.2) is 0 Å². The number of rotatable bonds is 16. The van der Waals surface area contributed by atoms with Gasteiger partial charge in [0.2, 0.25) is 0 Å². The molecule has 1 rings (SSSR count). The van der Waals surface area contributed by atoms with E-state index >= 15 is 0 Å². The molecule has 28 heavy (non-hydrogen) atoms. The highest BCUT2D eigenvalue weighted by molar-refractivity contribution is 5.85. The van der Waals surface area contributed by atoms with Gasteiger partial charge in [0.25, 0.3) is 5.09 Å². The van der Waals surface area contributed by atoms with Gasteiger partial charge in [-0.05, 0) is 19.3 Å². The van der Waals surface area contributed by atoms with Crippen molar-refractivity contribution in [3.8, 4) is 0 Å². The molecule has 1 heterocycles. The van der Waals surface area contributed by atoms with Crippen LogP contribution in [0.5, 0.6) is 0 Å². The first-order valence-electron chi connectivity index (χ1n) is 9.28. The number of methoxy groups -OCH3 is 1. The fourth-order valence-corrected chi connectivity index (χ4v) is 2.79. The van der Waals surface area contributed by atoms with Gasteiger partial charge in [-0.1, -0.05) is 6.42 Å². The van der Waals surface area contributed by atoms with Crippen molar-refractivity contribution in [2.45, 2.75) is 57.8 Å². The summed E-state index contributed by atoms with van der Waals surface area (Å²) in [5.74, 6) is -1.04. The number of nitrogens with zero attached hydrogens (tertiary/aromatic N) is 2. The van der Waals surface area contributed by atoms with E-state index in [0.29, 0.717) is 44.9 Å². The van der Waals surface area contributed by atoms with Crippen molar-refractivity contribution in [1.82, 2.24) is 9.97 Å². The Bertz CT molecular complexity index is 631. The van der Waals surface area contributed by atoms with Gasteiger partial charge < -0.3 is 14.6 Å². The number of hydrogen-bond donors (Lipinski definition) is 1. The monoisotopic (exact) mass is 397 g/mol. The zero-order valence-electron chi connectivity index (χ0n) is 16.1. The van der Waals surface area contributed by atoms with Crippen molar-refractivity contribution in [3.63, 3.8) is 0 Å². The maximum absolute atomic E-state index is 12.2. The van der Waals surface area contributed by atoms with E-state index in [0.717, 1.165) is 5.69 Å². The van der Waals surface area contributed by atoms with Gasteiger partial charge in [0.1, 0.15) is 11.6 Å². The average molecular weight is 397 g/mol. The van der Waals surface area contributed by atoms with E-state index in [1.54, 1.807) is 6.20 Å². The van der Waals surface area contributed by atoms with E-state index in [1.165, 1.54) is 13.4 Å². The van der Waals surface area contributed by atoms with Gasteiger partial charge in [0.05, 0.1) is 26.0 Å². The molecule has 0 amide bonds. The Morgan fingerprint density at radius 3 is 2.50 bits per heavy atom. The molecule has 0 saturated carbocycles. The van der Waals surface area contributed by atoms with Crippen LogP contribution in [-0.2, 0) is 30.4 Å². The maximum Gasteiger partial charge on any atom is 0.309 e. The van der Waals surface area contributed by atoms with Crippen LogP contribution in [0.2, 0.25) is 0 Å². The van der Waals surface area contributed by atoms with Crippen molar-refractivity contribution in [2.24, 2.45) is 5.92 Å². The van der Waals surface area contributed by atoms with Gasteiger partial charge in [-0.3, -0.25) is 14.4 Å². The predicted octanol–water partition coefficient (Wildman–Crippen LogP) is 2.21. The second kappa shape index (κ2) is 13.4. The Morgan fingerprint density at radius 2 is 1.86 bits per heavy atom. The lowest BCUT2D eigenvalue weighted by molar-refractivity contribution is -0.757. The molecule has 0 aromatic carbocycles. The van der Waals surface area contributed by atoms with E-state index in [4.69, 9.17) is 4.74 Å². The minimum atomic E-state index is -0.831. The molecule has 1 aromatic rings. The zero-order valence-corrected chi connectivity index (χ0v) is 16.1. The second-order valence-electron chi connectivity index (χ2n) is 6.50. The third kappa shape index (κ3) is 10.4. The molecule has 1 unspecified atom stereocenters. The third-order valence-corrected chi connectivity index (χ3v) is 4.24. The molecular weight excluding hydrogens is 370 g/mol. The SMILES string of the molecule is COC(=O)C(CC(=O)CCCC(=O)CCCCCO[N+](=O)[O-])Cc1cnc[nH]1. The number of ketones is 2. The van der Waals surface area contributed by atoms with E-state index in [9.17, 15) is 24.5 Å². The Hall–Kier alpha value is -2.78. The second-order valence-corrected chi connectivity index (χ2v) is 6.50. The smallest absolute Gasteiger partial charge is 0.309 e. The lowest BCUT2D eigenvalue weighted by Crippen LogP contribution is -2.22. The number of imidazole rings is 1. The molecule has 0 fully saturated rings. The molecule has 10 nitrogen and oxygen atoms in total. The molecular formula is C18H27N3O7. The first-order valence-corrected chi connectivity index (χ1v) is 9.28. The van der Waals surface area contributed by atoms with E-state index in [2.05, 4.69) is 14.8 Å². The zero-order chi connectivity index (χ0) is 20.8. The van der Waals surface area contributed by atoms with Crippen LogP contribution in [0.15, 0.2) is 12.5 Å². The number of H-pyrrole nitrogens is 1. The van der Waals surface area contributed by atoms with Crippen LogP contribution in [0.25, 0.3) is 0 Å². The standard InChI is InChI=1S/C18H27N3O7/c1-27-18(24)14(10-15-12-19-13-20-15)11-17(23)8-5-7-16(22)6-3-2-4-9-28-21(25)26/h12-14H,2-11H2,1H3,(H,19,20). The van der Waals surface area contributed by atoms with Gasteiger partial charge >= 0.3 is 5.97 Å². The predicted molar refractivity (Wildman–Crippen MR) is 97.7 cm³/mol. The molecule has 0 bridgehead atoms. The number of aromatic nitrogens is 2. The lowest BCUT2D eigenvalue weighted by atomic mass is 9.95. The van der Waals surface area contributed by atoms with E-state index in [-0.39, 0.29) is 31.0 Å². The number of unbranched alkanes of at least 4 members (excludes halogenated alkanes) is 2. The highest BCUT2D eigenvalue weighted by Gasteiger charge is 2.23. The summed E-state index contributed by atoms with van der Waals surface area (Å²) in [5, 5.41) is 9.15. The van der Waals surface area contributed by atoms with Crippen molar-refractivity contribution >= 4 is 17.5 Å². The minimum Gasteiger partial charge on any atom is -0.469 e. The number of hydrogen-bond acceptors (Lipinski definition) is 8. The number of Topliss-reactive ketones (excluding diaryl/α,β-unsaturated/α-hetero) is 2. The Morgan fingerprint density at radius 1 is 1.14 bits per heavy atom. The molecule has 0 aliphatic rings. The van der Waals surface area contributed by atoms with Gasteiger partial charge in [0, 0.05) is 44.0 Å². The average Bonchev–Trinajstić information content (AvgIpc) is 3.16. The molecule has 0 aliphatic heterocycles. The first kappa shape index (κ1) is 23.3. The first-order chi connectivity index (χ1) is 13.4. The molecule has 1 atom stereocenters. The number of carbonyl (C=O) groups excluding carboxylic acids is 3. The summed E-state index contributed by atoms with van der Waals surface area (Å²) in [6.07, 6.45) is 6.73. The Labute approximate surface area is 163 Å². The van der Waals surface area contributed by atoms with Gasteiger partial charge in [-0.25, -0.2) is 4.98 Å². The Kier molecular flexibility index (Phi) is 11.1. The third-order valence-electron chi connectivity index (χ3n) is 4.24. The maximum atomic E-state index is 12.2. The summed E-state index contributed by atoms with van der Waals surface area (Å²) in [6, 6.07) is 0. The summed E-state index contributed by atoms with van der Waals surface area (Å²) in [5.41, 5.74) is 0.752. The lowest BCUT2D eigenvalue weighted by Gasteiger charge is -2.12. The normalized spacial score (nSPS) is 11.6. The summed E-state index contributed by atoms with van der Waals surface area (Å²) in [7, 11) is 1.29. The van der Waals surface area contributed by atoms with Gasteiger partial charge in [-0.2, -0.15) is 0 Å². The molecule has 10 heteroatoms. The molecule has 1 N–H and O–H groups in total. The van der Waals surface area contributed by atoms with Crippen LogP contribution in [0.3, 0.4) is 0 Å². The highest BCUT2D eigenvalue weighted by atomic mass is 16.9. The minimum absolute atomic E-state index is 0.0373. The van der Waals surface area contributed by atoms with Crippen LogP contribution < -0.4 is 0 Å². The van der Waals surface area contributed by atoms with E-state index in [1.807, 2.05) is 0 Å². The quantitative estimate of drug-likeness (QED) is 0.194. The van der Waals surface area contributed by atoms with Crippen molar-refractivity contribution in [2.75, 3.05) is 13.7 Å². The number of ether oxygens (including phenoxy) is 1. The molecule has 156 valence electrons. The van der Waals surface area contributed by atoms with Crippen molar-refractivity contribution < 1.29 is 29.0 Å². The van der Waals surface area contributed by atoms with Crippen molar-refractivity contribution in [3.05, 3.63) is 28.3 Å². The topological polar surface area (TPSA) is 141 Å². The number of carbonyl (C=O) groups is 3. The van der Waals surface area contributed by atoms with Crippen LogP contribution in [0.4, 0.5) is 0 Å². The van der Waals surface area contributed by atoms with Crippen LogP contribution in [0, 0.1) is 16.0 Å². The molecule has 0 aliphatic carbocycles. The summed E-state index contributed by atoms with van der Waals surface area (Å²) >= 11 is 0. The highest BCUT2D eigenvalue weighted by Crippen LogP contribution is 2.15. The summed E-state index contributed by atoms with van der Waals surface area (Å²) in [6.45, 7) is 0.0373. The van der Waals surface area contributed by atoms with E-state index < -0.39 is 17.0 Å². The fourth-order valence-electron chi connectivity index (χ4n) is 2.79. The fraction of sp³-hybridized carbons (Fsp3) is 0.667. The van der Waals surface area contributed by atoms with Crippen LogP contribution in [-0.4, -0.2) is 46.3 Å². The summed E-state index contributed by atoms with van der Waals surface area (Å²) < 4.78 is 4.76. The van der Waals surface area contributed by atoms with Crippen molar-refractivity contribution in [1.29, 1.82) is 0 Å². The molecule has 1 aromatic heterocycles. The molecule has 0 radical (unpaired) electrons. The number of esters is 1. The number of nitrogens with one attached hydrogen (secondary N) is 1. The van der Waals surface area contributed by atoms with Gasteiger partial charge in [-0.15, -0.1) is 10.1 Å². The molecule has 0 saturated heterocycles. The summed E-state index contributed by atoms with van der Waals surface area (Å²) in [4.78, 5) is 56.8. The Balaban J connectivity index is 2.20.